The van der Waals surface area contributed by atoms with E-state index in [0.717, 1.165) is 47.6 Å². The maximum absolute atomic E-state index is 12.5. The molecule has 1 unspecified atom stereocenters. The number of carboxylic acid groups (broad SMARTS) is 1. The third kappa shape index (κ3) is 4.43. The second-order valence-electron chi connectivity index (χ2n) is 8.66. The second-order valence-corrected chi connectivity index (χ2v) is 11.0. The van der Waals surface area contributed by atoms with E-state index in [-0.39, 0.29) is 12.5 Å². The summed E-state index contributed by atoms with van der Waals surface area (Å²) in [4.78, 5) is 15.5. The lowest BCUT2D eigenvalue weighted by Crippen LogP contribution is -2.34. The van der Waals surface area contributed by atoms with Crippen LogP contribution in [0.3, 0.4) is 0 Å². The summed E-state index contributed by atoms with van der Waals surface area (Å²) in [5, 5.41) is 20.6. The molecule has 1 aliphatic rings. The van der Waals surface area contributed by atoms with Crippen LogP contribution in [0.15, 0.2) is 99.2 Å². The van der Waals surface area contributed by atoms with Gasteiger partial charge in [0.25, 0.3) is 0 Å². The molecule has 2 N–H and O–H groups in total. The van der Waals surface area contributed by atoms with Crippen molar-refractivity contribution < 1.29 is 15.0 Å². The fourth-order valence-corrected chi connectivity index (χ4v) is 7.05. The molecule has 0 heterocycles. The van der Waals surface area contributed by atoms with Gasteiger partial charge in [-0.2, -0.15) is 0 Å². The molecule has 36 heavy (non-hydrogen) atoms. The number of hydrogen-bond donors (Lipinski definition) is 2. The highest BCUT2D eigenvalue weighted by Crippen LogP contribution is 2.54. The fraction of sp³-hybridized carbons (Fsp3) is 0.138. The molecule has 0 radical (unpaired) electrons. The van der Waals surface area contributed by atoms with Crippen LogP contribution in [0.4, 0.5) is 4.79 Å². The van der Waals surface area contributed by atoms with E-state index in [9.17, 15) is 15.0 Å². The molecular formula is C29H23BrClNO3S. The minimum absolute atomic E-state index is 0.103. The molecule has 182 valence electrons. The van der Waals surface area contributed by atoms with Gasteiger partial charge in [0.2, 0.25) is 0 Å². The minimum Gasteiger partial charge on any atom is -0.465 e. The predicted octanol–water partition coefficient (Wildman–Crippen LogP) is 8.21. The average molecular weight is 581 g/mol. The summed E-state index contributed by atoms with van der Waals surface area (Å²) in [5.41, 5.74) is 5.98. The number of amides is 1. The molecule has 0 saturated heterocycles. The molecule has 0 aliphatic heterocycles. The highest BCUT2D eigenvalue weighted by atomic mass is 79.9. The van der Waals surface area contributed by atoms with E-state index in [2.05, 4.69) is 40.2 Å². The Labute approximate surface area is 227 Å². The number of nitrogens with zero attached hydrogens (tertiary/aromatic N) is 1. The summed E-state index contributed by atoms with van der Waals surface area (Å²) in [7, 11) is 1.61. The van der Waals surface area contributed by atoms with Gasteiger partial charge in [0.15, 0.2) is 0 Å². The first-order chi connectivity index (χ1) is 17.4. The fourth-order valence-electron chi connectivity index (χ4n) is 5.02. The Morgan fingerprint density at radius 3 is 2.19 bits per heavy atom. The van der Waals surface area contributed by atoms with Crippen LogP contribution in [0.5, 0.6) is 0 Å². The quantitative estimate of drug-likeness (QED) is 0.241. The number of hydrogen-bond acceptors (Lipinski definition) is 3. The van der Waals surface area contributed by atoms with Gasteiger partial charge >= 0.3 is 6.09 Å². The molecule has 1 amide bonds. The SMILES string of the molecule is CN(C(=O)O)C(c1cc(Br)cc(Cl)c1Sc1ccccc1CO)C1c2ccccc2-c2ccccc21. The van der Waals surface area contributed by atoms with Gasteiger partial charge in [0.05, 0.1) is 17.7 Å². The molecule has 1 aliphatic carbocycles. The van der Waals surface area contributed by atoms with Crippen LogP contribution in [-0.2, 0) is 6.61 Å². The lowest BCUT2D eigenvalue weighted by molar-refractivity contribution is 0.133. The van der Waals surface area contributed by atoms with Crippen LogP contribution in [-0.4, -0.2) is 28.3 Å². The molecule has 4 aromatic rings. The molecule has 4 aromatic carbocycles. The van der Waals surface area contributed by atoms with Crippen LogP contribution in [0.1, 0.15) is 34.2 Å². The van der Waals surface area contributed by atoms with E-state index in [1.54, 1.807) is 7.05 Å². The van der Waals surface area contributed by atoms with Crippen molar-refractivity contribution in [1.29, 1.82) is 0 Å². The van der Waals surface area contributed by atoms with Crippen molar-refractivity contribution >= 4 is 45.4 Å². The van der Waals surface area contributed by atoms with Crippen molar-refractivity contribution in [3.05, 3.63) is 117 Å². The van der Waals surface area contributed by atoms with E-state index in [1.165, 1.54) is 16.7 Å². The number of fused-ring (bicyclic) bond motifs is 3. The summed E-state index contributed by atoms with van der Waals surface area (Å²) in [6.07, 6.45) is -1.02. The van der Waals surface area contributed by atoms with Crippen LogP contribution >= 0.6 is 39.3 Å². The summed E-state index contributed by atoms with van der Waals surface area (Å²) in [6.45, 7) is -0.103. The first-order valence-corrected chi connectivity index (χ1v) is 13.4. The Morgan fingerprint density at radius 1 is 1.00 bits per heavy atom. The number of benzene rings is 4. The lowest BCUT2D eigenvalue weighted by Gasteiger charge is -2.34. The van der Waals surface area contributed by atoms with Crippen LogP contribution in [0, 0.1) is 0 Å². The van der Waals surface area contributed by atoms with Crippen molar-refractivity contribution in [2.24, 2.45) is 0 Å². The Bertz CT molecular complexity index is 1410. The van der Waals surface area contributed by atoms with Gasteiger partial charge in [-0.25, -0.2) is 4.79 Å². The molecule has 4 nitrogen and oxygen atoms in total. The maximum atomic E-state index is 12.5. The molecule has 0 bridgehead atoms. The van der Waals surface area contributed by atoms with Crippen LogP contribution < -0.4 is 0 Å². The summed E-state index contributed by atoms with van der Waals surface area (Å²) < 4.78 is 0.769. The predicted molar refractivity (Wildman–Crippen MR) is 148 cm³/mol. The number of aliphatic hydroxyl groups excluding tert-OH is 1. The van der Waals surface area contributed by atoms with E-state index < -0.39 is 12.1 Å². The van der Waals surface area contributed by atoms with Gasteiger partial charge in [0, 0.05) is 27.2 Å². The monoisotopic (exact) mass is 579 g/mol. The summed E-state index contributed by atoms with van der Waals surface area (Å²) >= 11 is 11.9. The van der Waals surface area contributed by atoms with Gasteiger partial charge in [-0.05, 0) is 51.6 Å². The number of halogens is 2. The first kappa shape index (κ1) is 24.9. The average Bonchev–Trinajstić information content (AvgIpc) is 3.20. The van der Waals surface area contributed by atoms with E-state index in [4.69, 9.17) is 11.6 Å². The lowest BCUT2D eigenvalue weighted by atomic mass is 9.84. The molecule has 0 saturated carbocycles. The smallest absolute Gasteiger partial charge is 0.407 e. The third-order valence-corrected chi connectivity index (χ3v) is 8.77. The van der Waals surface area contributed by atoms with E-state index >= 15 is 0 Å². The van der Waals surface area contributed by atoms with Gasteiger partial charge in [0.1, 0.15) is 0 Å². The topological polar surface area (TPSA) is 60.8 Å². The van der Waals surface area contributed by atoms with Crippen molar-refractivity contribution in [2.45, 2.75) is 28.4 Å². The third-order valence-electron chi connectivity index (χ3n) is 6.63. The van der Waals surface area contributed by atoms with Gasteiger partial charge < -0.3 is 15.1 Å². The summed E-state index contributed by atoms with van der Waals surface area (Å²) in [6, 6.07) is 27.2. The number of aliphatic hydroxyl groups is 1. The van der Waals surface area contributed by atoms with Crippen LogP contribution in [0.25, 0.3) is 11.1 Å². The molecule has 0 aromatic heterocycles. The number of likely N-dealkylation sites (N-methyl/N-ethyl adjacent to an activating group) is 1. The highest BCUT2D eigenvalue weighted by Gasteiger charge is 2.40. The largest absolute Gasteiger partial charge is 0.465 e. The zero-order valence-corrected chi connectivity index (χ0v) is 22.5. The van der Waals surface area contributed by atoms with Crippen molar-refractivity contribution in [3.8, 4) is 11.1 Å². The highest BCUT2D eigenvalue weighted by molar-refractivity contribution is 9.10. The van der Waals surface area contributed by atoms with Gasteiger partial charge in [-0.3, -0.25) is 0 Å². The Kier molecular flexibility index (Phi) is 7.13. The van der Waals surface area contributed by atoms with Gasteiger partial charge in [-0.15, -0.1) is 0 Å². The first-order valence-electron chi connectivity index (χ1n) is 11.4. The molecule has 7 heteroatoms. The van der Waals surface area contributed by atoms with E-state index in [1.807, 2.05) is 60.7 Å². The van der Waals surface area contributed by atoms with Crippen molar-refractivity contribution in [3.63, 3.8) is 0 Å². The maximum Gasteiger partial charge on any atom is 0.407 e. The molecule has 0 spiro atoms. The molecule has 0 fully saturated rings. The Balaban J connectivity index is 1.75. The normalized spacial score (nSPS) is 13.2. The van der Waals surface area contributed by atoms with Crippen molar-refractivity contribution in [2.75, 3.05) is 7.05 Å². The second kappa shape index (κ2) is 10.3. The van der Waals surface area contributed by atoms with Crippen molar-refractivity contribution in [1.82, 2.24) is 4.90 Å². The number of carbonyl (C=O) groups is 1. The minimum atomic E-state index is -1.02. The molecule has 5 rings (SSSR count). The standard InChI is InChI=1S/C29H23BrClNO3S/c1-32(29(34)35)27(26-21-11-5-3-9-19(21)20-10-4-6-12-22(20)26)23-14-18(30)15-24(31)28(23)36-25-13-7-2-8-17(25)16-33/h2-15,26-27,33H,16H2,1H3,(H,34,35). The molecule has 1 atom stereocenters. The van der Waals surface area contributed by atoms with Gasteiger partial charge in [-0.1, -0.05) is 106 Å². The van der Waals surface area contributed by atoms with Crippen LogP contribution in [0.2, 0.25) is 5.02 Å². The molecular weight excluding hydrogens is 558 g/mol. The Hall–Kier alpha value is -2.77. The van der Waals surface area contributed by atoms with E-state index in [0.29, 0.717) is 5.02 Å². The zero-order chi connectivity index (χ0) is 25.4. The Morgan fingerprint density at radius 2 is 1.58 bits per heavy atom. The number of rotatable bonds is 6. The zero-order valence-electron chi connectivity index (χ0n) is 19.4. The summed E-state index contributed by atoms with van der Waals surface area (Å²) in [5.74, 6) is -0.226.